The molecular formula is C11H20NO. The Labute approximate surface area is 80.9 Å². The van der Waals surface area contributed by atoms with Crippen molar-refractivity contribution in [3.8, 4) is 0 Å². The van der Waals surface area contributed by atoms with E-state index in [9.17, 15) is 5.11 Å². The summed E-state index contributed by atoms with van der Waals surface area (Å²) in [6, 6.07) is 0.678. The lowest BCUT2D eigenvalue weighted by Crippen LogP contribution is -2.43. The summed E-state index contributed by atoms with van der Waals surface area (Å²) < 4.78 is 0. The molecule has 2 fully saturated rings. The monoisotopic (exact) mass is 182 g/mol. The van der Waals surface area contributed by atoms with Gasteiger partial charge in [0.1, 0.15) is 0 Å². The van der Waals surface area contributed by atoms with Crippen molar-refractivity contribution in [3.05, 3.63) is 6.42 Å². The van der Waals surface area contributed by atoms with Gasteiger partial charge in [-0.1, -0.05) is 0 Å². The van der Waals surface area contributed by atoms with Gasteiger partial charge in [0.15, 0.2) is 0 Å². The van der Waals surface area contributed by atoms with Gasteiger partial charge in [-0.05, 0) is 58.0 Å². The Kier molecular flexibility index (Phi) is 3.23. The summed E-state index contributed by atoms with van der Waals surface area (Å²) in [7, 11) is 0. The van der Waals surface area contributed by atoms with E-state index >= 15 is 0 Å². The van der Waals surface area contributed by atoms with Crippen LogP contribution in [0.3, 0.4) is 0 Å². The fourth-order valence-corrected chi connectivity index (χ4v) is 2.61. The first kappa shape index (κ1) is 9.47. The normalized spacial score (nSPS) is 37.6. The number of aliphatic hydroxyl groups is 1. The van der Waals surface area contributed by atoms with E-state index < -0.39 is 0 Å². The van der Waals surface area contributed by atoms with Crippen molar-refractivity contribution < 1.29 is 5.11 Å². The van der Waals surface area contributed by atoms with Gasteiger partial charge < -0.3 is 10.0 Å². The molecule has 0 amide bonds. The zero-order valence-electron chi connectivity index (χ0n) is 8.28. The molecule has 0 spiro atoms. The third kappa shape index (κ3) is 2.44. The van der Waals surface area contributed by atoms with Gasteiger partial charge >= 0.3 is 0 Å². The Bertz CT molecular complexity index is 154. The Balaban J connectivity index is 1.83. The molecule has 1 aliphatic heterocycles. The highest BCUT2D eigenvalue weighted by Crippen LogP contribution is 2.25. The summed E-state index contributed by atoms with van der Waals surface area (Å²) >= 11 is 0. The SMILES string of the molecule is OC1CCCC(N2CC[CH]CC2)C1. The third-order valence-corrected chi connectivity index (χ3v) is 3.38. The Morgan fingerprint density at radius 2 is 1.92 bits per heavy atom. The second kappa shape index (κ2) is 4.43. The van der Waals surface area contributed by atoms with Crippen LogP contribution in [0.1, 0.15) is 38.5 Å². The van der Waals surface area contributed by atoms with Gasteiger partial charge in [-0.25, -0.2) is 0 Å². The third-order valence-electron chi connectivity index (χ3n) is 3.38. The lowest BCUT2D eigenvalue weighted by Gasteiger charge is -2.38. The van der Waals surface area contributed by atoms with E-state index in [-0.39, 0.29) is 6.10 Å². The van der Waals surface area contributed by atoms with E-state index in [1.165, 1.54) is 38.8 Å². The summed E-state index contributed by atoms with van der Waals surface area (Å²) in [5, 5.41) is 9.58. The van der Waals surface area contributed by atoms with Gasteiger partial charge in [-0.2, -0.15) is 0 Å². The largest absolute Gasteiger partial charge is 0.393 e. The van der Waals surface area contributed by atoms with Crippen molar-refractivity contribution in [2.75, 3.05) is 13.1 Å². The number of piperidine rings is 1. The molecule has 1 saturated heterocycles. The first-order chi connectivity index (χ1) is 6.36. The van der Waals surface area contributed by atoms with Crippen molar-refractivity contribution in [1.82, 2.24) is 4.90 Å². The molecule has 13 heavy (non-hydrogen) atoms. The second-order valence-electron chi connectivity index (χ2n) is 4.38. The quantitative estimate of drug-likeness (QED) is 0.665. The molecule has 2 atom stereocenters. The molecule has 2 nitrogen and oxygen atoms in total. The Morgan fingerprint density at radius 3 is 2.62 bits per heavy atom. The molecule has 1 radical (unpaired) electrons. The predicted molar refractivity (Wildman–Crippen MR) is 53.4 cm³/mol. The molecule has 0 aromatic heterocycles. The number of nitrogens with zero attached hydrogens (tertiary/aromatic N) is 1. The van der Waals surface area contributed by atoms with Crippen LogP contribution in [-0.2, 0) is 0 Å². The molecule has 2 heteroatoms. The Morgan fingerprint density at radius 1 is 1.15 bits per heavy atom. The molecule has 1 N–H and O–H groups in total. The van der Waals surface area contributed by atoms with Crippen LogP contribution in [0, 0.1) is 6.42 Å². The number of aliphatic hydroxyl groups excluding tert-OH is 1. The summed E-state index contributed by atoms with van der Waals surface area (Å²) in [4.78, 5) is 2.57. The van der Waals surface area contributed by atoms with Crippen LogP contribution in [0.2, 0.25) is 0 Å². The highest BCUT2D eigenvalue weighted by molar-refractivity contribution is 4.85. The van der Waals surface area contributed by atoms with Crippen LogP contribution in [0.5, 0.6) is 0 Å². The molecule has 1 saturated carbocycles. The van der Waals surface area contributed by atoms with E-state index in [1.54, 1.807) is 0 Å². The predicted octanol–water partition coefficient (Wildman–Crippen LogP) is 1.59. The van der Waals surface area contributed by atoms with E-state index in [2.05, 4.69) is 11.3 Å². The van der Waals surface area contributed by atoms with Crippen LogP contribution >= 0.6 is 0 Å². The minimum absolute atomic E-state index is 0.0235. The molecule has 2 rings (SSSR count). The lowest BCUT2D eigenvalue weighted by atomic mass is 9.91. The van der Waals surface area contributed by atoms with Crippen molar-refractivity contribution in [2.24, 2.45) is 0 Å². The molecular weight excluding hydrogens is 162 g/mol. The van der Waals surface area contributed by atoms with E-state index in [0.717, 1.165) is 12.8 Å². The Hall–Kier alpha value is -0.0800. The standard InChI is InChI=1S/C11H20NO/c13-11-6-4-5-10(9-11)12-7-2-1-3-8-12/h1,10-11,13H,2-9H2. The first-order valence-electron chi connectivity index (χ1n) is 5.60. The summed E-state index contributed by atoms with van der Waals surface area (Å²) in [6.07, 6.45) is 9.40. The molecule has 1 aliphatic carbocycles. The van der Waals surface area contributed by atoms with Crippen molar-refractivity contribution in [2.45, 2.75) is 50.7 Å². The highest BCUT2D eigenvalue weighted by atomic mass is 16.3. The van der Waals surface area contributed by atoms with Gasteiger partial charge in [0.05, 0.1) is 6.10 Å². The molecule has 2 unspecified atom stereocenters. The summed E-state index contributed by atoms with van der Waals surface area (Å²) in [5.41, 5.74) is 0. The van der Waals surface area contributed by atoms with Crippen LogP contribution in [-0.4, -0.2) is 35.2 Å². The second-order valence-corrected chi connectivity index (χ2v) is 4.38. The number of hydrogen-bond donors (Lipinski definition) is 1. The number of likely N-dealkylation sites (tertiary alicyclic amines) is 1. The smallest absolute Gasteiger partial charge is 0.0555 e. The minimum atomic E-state index is -0.0235. The molecule has 2 aliphatic rings. The van der Waals surface area contributed by atoms with Gasteiger partial charge in [-0.3, -0.25) is 0 Å². The summed E-state index contributed by atoms with van der Waals surface area (Å²) in [5.74, 6) is 0. The van der Waals surface area contributed by atoms with Gasteiger partial charge in [0.2, 0.25) is 0 Å². The van der Waals surface area contributed by atoms with E-state index in [1.807, 2.05) is 0 Å². The maximum atomic E-state index is 9.58. The van der Waals surface area contributed by atoms with Crippen molar-refractivity contribution in [3.63, 3.8) is 0 Å². The zero-order valence-corrected chi connectivity index (χ0v) is 8.28. The van der Waals surface area contributed by atoms with E-state index in [4.69, 9.17) is 0 Å². The minimum Gasteiger partial charge on any atom is -0.393 e. The van der Waals surface area contributed by atoms with Crippen LogP contribution in [0.4, 0.5) is 0 Å². The molecule has 0 bridgehead atoms. The maximum Gasteiger partial charge on any atom is 0.0555 e. The van der Waals surface area contributed by atoms with Crippen LogP contribution in [0.25, 0.3) is 0 Å². The van der Waals surface area contributed by atoms with Crippen LogP contribution < -0.4 is 0 Å². The van der Waals surface area contributed by atoms with Gasteiger partial charge in [0.25, 0.3) is 0 Å². The van der Waals surface area contributed by atoms with Gasteiger partial charge in [-0.15, -0.1) is 0 Å². The fourth-order valence-electron chi connectivity index (χ4n) is 2.61. The molecule has 75 valence electrons. The average molecular weight is 182 g/mol. The van der Waals surface area contributed by atoms with E-state index in [0.29, 0.717) is 6.04 Å². The zero-order chi connectivity index (χ0) is 9.10. The fraction of sp³-hybridized carbons (Fsp3) is 0.909. The molecule has 1 heterocycles. The average Bonchev–Trinajstić information content (AvgIpc) is 2.19. The topological polar surface area (TPSA) is 23.5 Å². The molecule has 0 aromatic carbocycles. The number of hydrogen-bond acceptors (Lipinski definition) is 2. The number of rotatable bonds is 1. The lowest BCUT2D eigenvalue weighted by molar-refractivity contribution is 0.0577. The van der Waals surface area contributed by atoms with Gasteiger partial charge in [0, 0.05) is 6.04 Å². The highest BCUT2D eigenvalue weighted by Gasteiger charge is 2.26. The maximum absolute atomic E-state index is 9.58. The molecule has 0 aromatic rings. The van der Waals surface area contributed by atoms with Crippen molar-refractivity contribution in [1.29, 1.82) is 0 Å². The van der Waals surface area contributed by atoms with Crippen molar-refractivity contribution >= 4 is 0 Å². The van der Waals surface area contributed by atoms with Crippen LogP contribution in [0.15, 0.2) is 0 Å². The summed E-state index contributed by atoms with van der Waals surface area (Å²) in [6.45, 7) is 2.44. The first-order valence-corrected chi connectivity index (χ1v) is 5.60.